The van der Waals surface area contributed by atoms with Crippen molar-refractivity contribution in [3.8, 4) is 11.3 Å². The van der Waals surface area contributed by atoms with Crippen molar-refractivity contribution in [1.29, 1.82) is 0 Å². The van der Waals surface area contributed by atoms with Gasteiger partial charge in [-0.05, 0) is 13.0 Å². The Bertz CT molecular complexity index is 674. The van der Waals surface area contributed by atoms with Gasteiger partial charge in [0, 0.05) is 17.0 Å². The molecule has 1 amide bonds. The van der Waals surface area contributed by atoms with Crippen LogP contribution in [-0.4, -0.2) is 10.9 Å². The summed E-state index contributed by atoms with van der Waals surface area (Å²) in [4.78, 5) is 15.9. The fraction of sp³-hybridized carbons (Fsp3) is 0.0769. The Labute approximate surface area is 134 Å². The van der Waals surface area contributed by atoms with Crippen LogP contribution in [0.2, 0.25) is 8.67 Å². The molecule has 2 aromatic heterocycles. The van der Waals surface area contributed by atoms with Crippen LogP contribution in [0.5, 0.6) is 0 Å². The normalized spacial score (nSPS) is 11.6. The number of allylic oxidation sites excluding steroid dienone is 3. The number of amides is 1. The van der Waals surface area contributed by atoms with Crippen LogP contribution in [0.3, 0.4) is 0 Å². The first kappa shape index (κ1) is 15.3. The van der Waals surface area contributed by atoms with Gasteiger partial charge in [0.05, 0.1) is 10.0 Å². The molecule has 1 N–H and O–H groups in total. The lowest BCUT2D eigenvalue weighted by Crippen LogP contribution is -2.07. The van der Waals surface area contributed by atoms with Gasteiger partial charge in [0.1, 0.15) is 4.34 Å². The summed E-state index contributed by atoms with van der Waals surface area (Å²) < 4.78 is 1.20. The number of thiophene rings is 1. The second kappa shape index (κ2) is 7.04. The molecule has 2 aromatic rings. The van der Waals surface area contributed by atoms with Crippen molar-refractivity contribution in [3.63, 3.8) is 0 Å². The summed E-state index contributed by atoms with van der Waals surface area (Å²) in [5.41, 5.74) is 1.48. The molecule has 0 saturated carbocycles. The Morgan fingerprint density at radius 3 is 2.85 bits per heavy atom. The lowest BCUT2D eigenvalue weighted by atomic mass is 10.3. The van der Waals surface area contributed by atoms with Gasteiger partial charge in [-0.3, -0.25) is 10.1 Å². The van der Waals surface area contributed by atoms with E-state index in [-0.39, 0.29) is 5.91 Å². The first-order valence-corrected chi connectivity index (χ1v) is 8.06. The predicted octanol–water partition coefficient (Wildman–Crippen LogP) is 5.25. The summed E-state index contributed by atoms with van der Waals surface area (Å²) in [5, 5.41) is 5.04. The smallest absolute Gasteiger partial charge is 0.250 e. The van der Waals surface area contributed by atoms with Crippen molar-refractivity contribution >= 4 is 56.9 Å². The fourth-order valence-corrected chi connectivity index (χ4v) is 3.57. The zero-order valence-electron chi connectivity index (χ0n) is 10.4. The van der Waals surface area contributed by atoms with E-state index in [9.17, 15) is 4.79 Å². The molecule has 0 saturated heterocycles. The first-order valence-electron chi connectivity index (χ1n) is 5.61. The second-order valence-corrected chi connectivity index (χ2v) is 6.79. The predicted molar refractivity (Wildman–Crippen MR) is 88.0 cm³/mol. The molecule has 0 spiro atoms. The number of carbonyl (C=O) groups is 1. The number of nitrogens with zero attached hydrogens (tertiary/aromatic N) is 1. The highest BCUT2D eigenvalue weighted by Gasteiger charge is 2.12. The maximum Gasteiger partial charge on any atom is 0.250 e. The van der Waals surface area contributed by atoms with Crippen LogP contribution in [0.15, 0.2) is 35.8 Å². The number of hydrogen-bond donors (Lipinski definition) is 1. The summed E-state index contributed by atoms with van der Waals surface area (Å²) in [7, 11) is 0. The molecule has 0 fully saturated rings. The van der Waals surface area contributed by atoms with Crippen LogP contribution in [0.4, 0.5) is 5.13 Å². The molecule has 0 aliphatic heterocycles. The summed E-state index contributed by atoms with van der Waals surface area (Å²) in [6.07, 6.45) is 6.72. The molecule has 0 aliphatic carbocycles. The van der Waals surface area contributed by atoms with Crippen LogP contribution < -0.4 is 5.32 Å². The van der Waals surface area contributed by atoms with Gasteiger partial charge in [-0.1, -0.05) is 41.4 Å². The Kier molecular flexibility index (Phi) is 5.37. The van der Waals surface area contributed by atoms with Gasteiger partial charge in [0.25, 0.3) is 0 Å². The van der Waals surface area contributed by atoms with E-state index in [1.165, 1.54) is 28.7 Å². The van der Waals surface area contributed by atoms with Gasteiger partial charge < -0.3 is 0 Å². The maximum atomic E-state index is 11.6. The van der Waals surface area contributed by atoms with Crippen molar-refractivity contribution in [2.45, 2.75) is 6.92 Å². The summed E-state index contributed by atoms with van der Waals surface area (Å²) in [5.74, 6) is -0.224. The van der Waals surface area contributed by atoms with Crippen molar-refractivity contribution in [2.24, 2.45) is 0 Å². The van der Waals surface area contributed by atoms with E-state index < -0.39 is 0 Å². The highest BCUT2D eigenvalue weighted by molar-refractivity contribution is 7.20. The molecule has 104 valence electrons. The van der Waals surface area contributed by atoms with E-state index in [1.54, 1.807) is 18.2 Å². The fourth-order valence-electron chi connectivity index (χ4n) is 1.37. The molecule has 20 heavy (non-hydrogen) atoms. The average molecular weight is 345 g/mol. The number of halogens is 2. The Morgan fingerprint density at radius 2 is 2.20 bits per heavy atom. The van der Waals surface area contributed by atoms with E-state index in [0.717, 1.165) is 5.56 Å². The van der Waals surface area contributed by atoms with Crippen molar-refractivity contribution < 1.29 is 4.79 Å². The summed E-state index contributed by atoms with van der Waals surface area (Å²) >= 11 is 14.6. The molecule has 2 heterocycles. The highest BCUT2D eigenvalue weighted by Crippen LogP contribution is 2.38. The Hall–Kier alpha value is -1.14. The van der Waals surface area contributed by atoms with E-state index in [0.29, 0.717) is 19.5 Å². The number of anilines is 1. The standard InChI is InChI=1S/C13H10Cl2N2OS2/c1-2-3-4-5-11(18)17-13-16-9(7-19-13)8-6-10(14)20-12(8)15/h2-7H,1H3,(H,16,17,18). The van der Waals surface area contributed by atoms with Crippen LogP contribution in [-0.2, 0) is 4.79 Å². The Balaban J connectivity index is 2.10. The molecule has 7 heteroatoms. The first-order chi connectivity index (χ1) is 9.60. The monoisotopic (exact) mass is 344 g/mol. The molecular weight excluding hydrogens is 335 g/mol. The van der Waals surface area contributed by atoms with Gasteiger partial charge in [-0.2, -0.15) is 0 Å². The van der Waals surface area contributed by atoms with E-state index in [1.807, 2.05) is 18.4 Å². The zero-order valence-corrected chi connectivity index (χ0v) is 13.5. The second-order valence-electron chi connectivity index (χ2n) is 3.65. The minimum absolute atomic E-state index is 0.224. The molecule has 0 aliphatic rings. The molecule has 0 radical (unpaired) electrons. The van der Waals surface area contributed by atoms with Gasteiger partial charge in [0.2, 0.25) is 5.91 Å². The molecule has 2 rings (SSSR count). The van der Waals surface area contributed by atoms with Crippen molar-refractivity contribution in [2.75, 3.05) is 5.32 Å². The average Bonchev–Trinajstić information content (AvgIpc) is 2.96. The van der Waals surface area contributed by atoms with Crippen molar-refractivity contribution in [1.82, 2.24) is 4.98 Å². The van der Waals surface area contributed by atoms with Gasteiger partial charge >= 0.3 is 0 Å². The lowest BCUT2D eigenvalue weighted by molar-refractivity contribution is -0.111. The van der Waals surface area contributed by atoms with Crippen LogP contribution in [0, 0.1) is 0 Å². The number of thiazole rings is 1. The third kappa shape index (κ3) is 3.93. The third-order valence-corrected chi connectivity index (χ3v) is 4.46. The topological polar surface area (TPSA) is 42.0 Å². The SMILES string of the molecule is CC=CC=CC(=O)Nc1nc(-c2cc(Cl)sc2Cl)cs1. The van der Waals surface area contributed by atoms with Crippen LogP contribution in [0.1, 0.15) is 6.92 Å². The molecule has 0 atom stereocenters. The van der Waals surface area contributed by atoms with E-state index in [2.05, 4.69) is 10.3 Å². The quantitative estimate of drug-likeness (QED) is 0.607. The maximum absolute atomic E-state index is 11.6. The van der Waals surface area contributed by atoms with Gasteiger partial charge in [0.15, 0.2) is 5.13 Å². The highest BCUT2D eigenvalue weighted by atomic mass is 35.5. The van der Waals surface area contributed by atoms with E-state index in [4.69, 9.17) is 23.2 Å². The number of aromatic nitrogens is 1. The minimum Gasteiger partial charge on any atom is -0.298 e. The summed E-state index contributed by atoms with van der Waals surface area (Å²) in [6, 6.07) is 1.77. The van der Waals surface area contributed by atoms with Gasteiger partial charge in [-0.25, -0.2) is 4.98 Å². The zero-order chi connectivity index (χ0) is 14.5. The number of hydrogen-bond acceptors (Lipinski definition) is 4. The molecule has 3 nitrogen and oxygen atoms in total. The Morgan fingerprint density at radius 1 is 1.40 bits per heavy atom. The molecular formula is C13H10Cl2N2OS2. The molecule has 0 aromatic carbocycles. The largest absolute Gasteiger partial charge is 0.298 e. The van der Waals surface area contributed by atoms with Crippen molar-refractivity contribution in [3.05, 3.63) is 44.4 Å². The third-order valence-electron chi connectivity index (χ3n) is 2.22. The lowest BCUT2D eigenvalue weighted by Gasteiger charge is -1.95. The van der Waals surface area contributed by atoms with Crippen LogP contribution in [0.25, 0.3) is 11.3 Å². The van der Waals surface area contributed by atoms with Crippen LogP contribution >= 0.6 is 45.9 Å². The minimum atomic E-state index is -0.224. The number of carbonyl (C=O) groups excluding carboxylic acids is 1. The van der Waals surface area contributed by atoms with Gasteiger partial charge in [-0.15, -0.1) is 22.7 Å². The molecule has 0 bridgehead atoms. The number of nitrogens with one attached hydrogen (secondary N) is 1. The summed E-state index contributed by atoms with van der Waals surface area (Å²) in [6.45, 7) is 1.88. The number of rotatable bonds is 4. The molecule has 0 unspecified atom stereocenters. The van der Waals surface area contributed by atoms with E-state index >= 15 is 0 Å².